The Morgan fingerprint density at radius 2 is 2.00 bits per heavy atom. The molecule has 0 radical (unpaired) electrons. The van der Waals surface area contributed by atoms with Crippen molar-refractivity contribution in [2.75, 3.05) is 0 Å². The Morgan fingerprint density at radius 3 is 2.46 bits per heavy atom. The Hall–Kier alpha value is -1.85. The molecule has 1 aromatic rings. The lowest BCUT2D eigenvalue weighted by atomic mass is 10.2. The van der Waals surface area contributed by atoms with Crippen LogP contribution in [0.4, 0.5) is 14.5 Å². The summed E-state index contributed by atoms with van der Waals surface area (Å²) in [7, 11) is 0. The number of nitrogens with zero attached hydrogens (tertiary/aromatic N) is 1. The first kappa shape index (κ1) is 9.24. The van der Waals surface area contributed by atoms with E-state index >= 15 is 0 Å². The van der Waals surface area contributed by atoms with Gasteiger partial charge >= 0.3 is 5.69 Å². The summed E-state index contributed by atoms with van der Waals surface area (Å²) >= 11 is 0. The van der Waals surface area contributed by atoms with Gasteiger partial charge in [-0.2, -0.15) is 4.39 Å². The van der Waals surface area contributed by atoms with Crippen molar-refractivity contribution in [2.24, 2.45) is 0 Å². The van der Waals surface area contributed by atoms with Gasteiger partial charge in [-0.15, -0.1) is 0 Å². The number of benzene rings is 1. The van der Waals surface area contributed by atoms with Crippen molar-refractivity contribution in [1.29, 1.82) is 0 Å². The van der Waals surface area contributed by atoms with Gasteiger partial charge in [0.05, 0.1) is 10.5 Å². The standard InChI is InChI=1S/C7H3F2NO3/c8-5-1-4(3-11)7(10(12)13)6(9)2-5/h1-3H. The van der Waals surface area contributed by atoms with E-state index in [1.807, 2.05) is 0 Å². The molecular formula is C7H3F2NO3. The van der Waals surface area contributed by atoms with E-state index in [2.05, 4.69) is 0 Å². The number of rotatable bonds is 2. The van der Waals surface area contributed by atoms with Gasteiger partial charge in [0.1, 0.15) is 5.82 Å². The van der Waals surface area contributed by atoms with Gasteiger partial charge < -0.3 is 0 Å². The number of nitro groups is 1. The van der Waals surface area contributed by atoms with E-state index in [-0.39, 0.29) is 6.29 Å². The van der Waals surface area contributed by atoms with E-state index in [1.165, 1.54) is 0 Å². The van der Waals surface area contributed by atoms with E-state index < -0.39 is 27.8 Å². The van der Waals surface area contributed by atoms with Crippen LogP contribution in [0.2, 0.25) is 0 Å². The lowest BCUT2D eigenvalue weighted by Gasteiger charge is -1.96. The number of hydrogen-bond acceptors (Lipinski definition) is 3. The molecule has 0 aliphatic carbocycles. The molecule has 13 heavy (non-hydrogen) atoms. The fourth-order valence-corrected chi connectivity index (χ4v) is 0.868. The van der Waals surface area contributed by atoms with Crippen LogP contribution in [0.15, 0.2) is 12.1 Å². The molecule has 0 aromatic heterocycles. The van der Waals surface area contributed by atoms with E-state index in [0.29, 0.717) is 12.1 Å². The maximum Gasteiger partial charge on any atom is 0.315 e. The van der Waals surface area contributed by atoms with Crippen LogP contribution < -0.4 is 0 Å². The quantitative estimate of drug-likeness (QED) is 0.402. The highest BCUT2D eigenvalue weighted by Crippen LogP contribution is 2.22. The maximum atomic E-state index is 12.7. The summed E-state index contributed by atoms with van der Waals surface area (Å²) in [6, 6.07) is 0.958. The highest BCUT2D eigenvalue weighted by atomic mass is 19.1. The van der Waals surface area contributed by atoms with Gasteiger partial charge in [0.2, 0.25) is 5.82 Å². The zero-order valence-electron chi connectivity index (χ0n) is 6.16. The van der Waals surface area contributed by atoms with Gasteiger partial charge in [-0.05, 0) is 6.07 Å². The van der Waals surface area contributed by atoms with Crippen molar-refractivity contribution in [1.82, 2.24) is 0 Å². The Balaban J connectivity index is 3.47. The molecule has 0 fully saturated rings. The van der Waals surface area contributed by atoms with Crippen molar-refractivity contribution in [3.63, 3.8) is 0 Å². The summed E-state index contributed by atoms with van der Waals surface area (Å²) in [5.41, 5.74) is -1.61. The lowest BCUT2D eigenvalue weighted by Crippen LogP contribution is -1.99. The van der Waals surface area contributed by atoms with Crippen LogP contribution in [0.25, 0.3) is 0 Å². The molecule has 0 heterocycles. The second-order valence-corrected chi connectivity index (χ2v) is 2.20. The number of halogens is 2. The smallest absolute Gasteiger partial charge is 0.298 e. The van der Waals surface area contributed by atoms with Crippen LogP contribution in [0, 0.1) is 21.7 Å². The molecule has 4 nitrogen and oxygen atoms in total. The summed E-state index contributed by atoms with van der Waals surface area (Å²) in [4.78, 5) is 19.3. The fraction of sp³-hybridized carbons (Fsp3) is 0. The Bertz CT molecular complexity index is 378. The first-order chi connectivity index (χ1) is 6.06. The Labute approximate surface area is 70.9 Å². The van der Waals surface area contributed by atoms with Crippen LogP contribution >= 0.6 is 0 Å². The third-order valence-electron chi connectivity index (χ3n) is 1.37. The molecule has 0 saturated heterocycles. The Kier molecular flexibility index (Phi) is 2.32. The Morgan fingerprint density at radius 1 is 1.38 bits per heavy atom. The first-order valence-electron chi connectivity index (χ1n) is 3.15. The largest absolute Gasteiger partial charge is 0.315 e. The van der Waals surface area contributed by atoms with Gasteiger partial charge in [-0.3, -0.25) is 14.9 Å². The van der Waals surface area contributed by atoms with E-state index in [0.717, 1.165) is 0 Å². The first-order valence-corrected chi connectivity index (χ1v) is 3.15. The number of carbonyl (C=O) groups excluding carboxylic acids is 1. The average molecular weight is 187 g/mol. The molecule has 0 atom stereocenters. The topological polar surface area (TPSA) is 60.2 Å². The summed E-state index contributed by atoms with van der Waals surface area (Å²) < 4.78 is 25.1. The van der Waals surface area contributed by atoms with Gasteiger partial charge in [0.15, 0.2) is 6.29 Å². The molecule has 0 unspecified atom stereocenters. The molecular weight excluding hydrogens is 184 g/mol. The van der Waals surface area contributed by atoms with Gasteiger partial charge in [0.25, 0.3) is 0 Å². The molecule has 1 aromatic carbocycles. The summed E-state index contributed by atoms with van der Waals surface area (Å²) in [6.45, 7) is 0. The molecule has 0 aliphatic rings. The minimum atomic E-state index is -1.35. The lowest BCUT2D eigenvalue weighted by molar-refractivity contribution is -0.387. The molecule has 1 rings (SSSR count). The van der Waals surface area contributed by atoms with Crippen molar-refractivity contribution < 1.29 is 18.5 Å². The van der Waals surface area contributed by atoms with E-state index in [1.54, 1.807) is 0 Å². The van der Waals surface area contributed by atoms with E-state index in [9.17, 15) is 23.7 Å². The predicted octanol–water partition coefficient (Wildman–Crippen LogP) is 1.69. The zero-order chi connectivity index (χ0) is 10.0. The number of nitro benzene ring substituents is 1. The van der Waals surface area contributed by atoms with Crippen molar-refractivity contribution in [3.05, 3.63) is 39.4 Å². The fourth-order valence-electron chi connectivity index (χ4n) is 0.868. The van der Waals surface area contributed by atoms with Crippen LogP contribution in [-0.2, 0) is 0 Å². The molecule has 6 heteroatoms. The second kappa shape index (κ2) is 3.26. The van der Waals surface area contributed by atoms with E-state index in [4.69, 9.17) is 0 Å². The van der Waals surface area contributed by atoms with Gasteiger partial charge in [0, 0.05) is 6.07 Å². The monoisotopic (exact) mass is 187 g/mol. The normalized spacial score (nSPS) is 9.69. The molecule has 68 valence electrons. The molecule has 0 spiro atoms. The van der Waals surface area contributed by atoms with Gasteiger partial charge in [-0.25, -0.2) is 4.39 Å². The molecule has 0 saturated carbocycles. The molecule has 0 bridgehead atoms. The minimum Gasteiger partial charge on any atom is -0.298 e. The SMILES string of the molecule is O=Cc1cc(F)cc(F)c1[N+](=O)[O-]. The zero-order valence-corrected chi connectivity index (χ0v) is 6.16. The molecule has 0 aliphatic heterocycles. The molecule has 0 amide bonds. The number of hydrogen-bond donors (Lipinski definition) is 0. The van der Waals surface area contributed by atoms with Crippen molar-refractivity contribution in [3.8, 4) is 0 Å². The minimum absolute atomic E-state index is 0.0320. The third kappa shape index (κ3) is 1.66. The second-order valence-electron chi connectivity index (χ2n) is 2.20. The average Bonchev–Trinajstić information content (AvgIpc) is 2.01. The highest BCUT2D eigenvalue weighted by Gasteiger charge is 2.21. The van der Waals surface area contributed by atoms with Crippen LogP contribution in [-0.4, -0.2) is 11.2 Å². The van der Waals surface area contributed by atoms with Crippen molar-refractivity contribution in [2.45, 2.75) is 0 Å². The van der Waals surface area contributed by atoms with Crippen LogP contribution in [0.1, 0.15) is 10.4 Å². The third-order valence-corrected chi connectivity index (χ3v) is 1.37. The summed E-state index contributed by atoms with van der Waals surface area (Å²) in [5.74, 6) is -2.38. The van der Waals surface area contributed by atoms with Crippen LogP contribution in [0.5, 0.6) is 0 Å². The summed E-state index contributed by atoms with van der Waals surface area (Å²) in [6.07, 6.45) is 0.0320. The highest BCUT2D eigenvalue weighted by molar-refractivity contribution is 5.81. The number of carbonyl (C=O) groups is 1. The van der Waals surface area contributed by atoms with Gasteiger partial charge in [-0.1, -0.05) is 0 Å². The van der Waals surface area contributed by atoms with Crippen molar-refractivity contribution >= 4 is 12.0 Å². The number of aldehydes is 1. The maximum absolute atomic E-state index is 12.7. The molecule has 0 N–H and O–H groups in total. The van der Waals surface area contributed by atoms with Crippen LogP contribution in [0.3, 0.4) is 0 Å². The predicted molar refractivity (Wildman–Crippen MR) is 38.4 cm³/mol. The summed E-state index contributed by atoms with van der Waals surface area (Å²) in [5, 5.41) is 10.2.